The summed E-state index contributed by atoms with van der Waals surface area (Å²) in [6.45, 7) is -0.221. The number of hydrogen-bond donors (Lipinski definition) is 4. The minimum Gasteiger partial charge on any atom is -0.329 e. The Labute approximate surface area is 103 Å². The van der Waals surface area contributed by atoms with E-state index < -0.39 is 15.9 Å². The minimum atomic E-state index is -3.42. The first kappa shape index (κ1) is 14.5. The molecular formula is C7H14N6O4S. The number of amides is 1. The first-order valence-corrected chi connectivity index (χ1v) is 6.61. The van der Waals surface area contributed by atoms with Crippen LogP contribution in [-0.2, 0) is 27.9 Å². The van der Waals surface area contributed by atoms with Crippen LogP contribution in [0.1, 0.15) is 5.69 Å². The Hall–Kier alpha value is -1.56. The highest BCUT2D eigenvalue weighted by molar-refractivity contribution is 7.89. The Morgan fingerprint density at radius 1 is 1.56 bits per heavy atom. The minimum absolute atomic E-state index is 0.0265. The van der Waals surface area contributed by atoms with E-state index in [9.17, 15) is 13.2 Å². The standard InChI is InChI=1S/C7H14N6O4S/c8-1-2-18(16,17)9-3-6-4-13(12-10-6)5-7(14)11-15/h4,9,15H,1-3,5,8H2,(H,11,14). The van der Waals surface area contributed by atoms with Crippen LogP contribution in [0, 0.1) is 0 Å². The molecule has 0 aliphatic rings. The summed E-state index contributed by atoms with van der Waals surface area (Å²) in [4.78, 5) is 10.8. The zero-order valence-corrected chi connectivity index (χ0v) is 10.2. The average Bonchev–Trinajstić information content (AvgIpc) is 2.74. The normalized spacial score (nSPS) is 11.4. The maximum Gasteiger partial charge on any atom is 0.265 e. The summed E-state index contributed by atoms with van der Waals surface area (Å²) < 4.78 is 26.0. The Morgan fingerprint density at radius 3 is 2.89 bits per heavy atom. The maximum atomic E-state index is 11.3. The van der Waals surface area contributed by atoms with Gasteiger partial charge in [-0.3, -0.25) is 10.0 Å². The van der Waals surface area contributed by atoms with Crippen molar-refractivity contribution in [1.29, 1.82) is 0 Å². The highest BCUT2D eigenvalue weighted by atomic mass is 32.2. The maximum absolute atomic E-state index is 11.3. The molecule has 102 valence electrons. The number of carbonyl (C=O) groups is 1. The van der Waals surface area contributed by atoms with E-state index in [1.54, 1.807) is 0 Å². The van der Waals surface area contributed by atoms with Crippen molar-refractivity contribution in [1.82, 2.24) is 25.2 Å². The summed E-state index contributed by atoms with van der Waals surface area (Å²) in [6.07, 6.45) is 1.39. The molecule has 1 amide bonds. The van der Waals surface area contributed by atoms with E-state index in [1.165, 1.54) is 11.7 Å². The van der Waals surface area contributed by atoms with Crippen LogP contribution >= 0.6 is 0 Å². The van der Waals surface area contributed by atoms with E-state index in [4.69, 9.17) is 10.9 Å². The predicted octanol–water partition coefficient (Wildman–Crippen LogP) is -2.84. The van der Waals surface area contributed by atoms with E-state index in [2.05, 4.69) is 15.0 Å². The Kier molecular flexibility index (Phi) is 5.15. The van der Waals surface area contributed by atoms with Crippen LogP contribution in [0.2, 0.25) is 0 Å². The highest BCUT2D eigenvalue weighted by Crippen LogP contribution is 1.94. The number of nitrogens with one attached hydrogen (secondary N) is 2. The van der Waals surface area contributed by atoms with Crippen molar-refractivity contribution in [2.75, 3.05) is 12.3 Å². The molecule has 1 aromatic heterocycles. The van der Waals surface area contributed by atoms with Crippen molar-refractivity contribution < 1.29 is 18.4 Å². The van der Waals surface area contributed by atoms with E-state index >= 15 is 0 Å². The molecule has 10 nitrogen and oxygen atoms in total. The molecule has 1 heterocycles. The zero-order chi connectivity index (χ0) is 13.6. The van der Waals surface area contributed by atoms with Gasteiger partial charge < -0.3 is 5.73 Å². The van der Waals surface area contributed by atoms with Gasteiger partial charge in [0.25, 0.3) is 5.91 Å². The van der Waals surface area contributed by atoms with Crippen molar-refractivity contribution in [3.8, 4) is 0 Å². The van der Waals surface area contributed by atoms with Gasteiger partial charge in [0, 0.05) is 6.54 Å². The van der Waals surface area contributed by atoms with Crippen molar-refractivity contribution in [3.63, 3.8) is 0 Å². The fourth-order valence-electron chi connectivity index (χ4n) is 1.09. The second-order valence-electron chi connectivity index (χ2n) is 3.37. The van der Waals surface area contributed by atoms with E-state index in [-0.39, 0.29) is 25.4 Å². The van der Waals surface area contributed by atoms with Crippen molar-refractivity contribution in [3.05, 3.63) is 11.9 Å². The summed E-state index contributed by atoms with van der Waals surface area (Å²) in [7, 11) is -3.42. The lowest BCUT2D eigenvalue weighted by atomic mass is 10.5. The van der Waals surface area contributed by atoms with Gasteiger partial charge in [-0.2, -0.15) is 0 Å². The number of nitrogens with zero attached hydrogens (tertiary/aromatic N) is 3. The molecule has 0 aromatic carbocycles. The molecule has 0 unspecified atom stereocenters. The lowest BCUT2D eigenvalue weighted by Gasteiger charge is -2.02. The first-order valence-electron chi connectivity index (χ1n) is 4.96. The Balaban J connectivity index is 2.52. The van der Waals surface area contributed by atoms with Crippen LogP contribution in [-0.4, -0.2) is 46.8 Å². The molecule has 0 spiro atoms. The number of hydrogen-bond acceptors (Lipinski definition) is 7. The van der Waals surface area contributed by atoms with Crippen molar-refractivity contribution in [2.24, 2.45) is 5.73 Å². The predicted molar refractivity (Wildman–Crippen MR) is 59.6 cm³/mol. The molecule has 0 radical (unpaired) electrons. The average molecular weight is 278 g/mol. The highest BCUT2D eigenvalue weighted by Gasteiger charge is 2.10. The van der Waals surface area contributed by atoms with Crippen molar-refractivity contribution in [2.45, 2.75) is 13.1 Å². The van der Waals surface area contributed by atoms with Crippen LogP contribution < -0.4 is 15.9 Å². The van der Waals surface area contributed by atoms with Crippen LogP contribution in [0.5, 0.6) is 0 Å². The molecule has 18 heavy (non-hydrogen) atoms. The second kappa shape index (κ2) is 6.39. The molecule has 11 heteroatoms. The molecule has 1 rings (SSSR count). The number of carbonyl (C=O) groups excluding carboxylic acids is 1. The topological polar surface area (TPSA) is 152 Å². The zero-order valence-electron chi connectivity index (χ0n) is 9.40. The summed E-state index contributed by atoms with van der Waals surface area (Å²) in [5, 5.41) is 15.6. The number of rotatable bonds is 7. The van der Waals surface area contributed by atoms with Gasteiger partial charge in [-0.05, 0) is 0 Å². The largest absolute Gasteiger partial charge is 0.329 e. The third-order valence-corrected chi connectivity index (χ3v) is 3.23. The fraction of sp³-hybridized carbons (Fsp3) is 0.571. The van der Waals surface area contributed by atoms with E-state index in [0.717, 1.165) is 4.68 Å². The third kappa shape index (κ3) is 4.75. The molecule has 5 N–H and O–H groups in total. The summed E-state index contributed by atoms with van der Waals surface area (Å²) in [5.41, 5.74) is 6.93. The van der Waals surface area contributed by atoms with Gasteiger partial charge in [0.2, 0.25) is 10.0 Å². The first-order chi connectivity index (χ1) is 8.46. The second-order valence-corrected chi connectivity index (χ2v) is 5.30. The molecular weight excluding hydrogens is 264 g/mol. The van der Waals surface area contributed by atoms with Crippen molar-refractivity contribution >= 4 is 15.9 Å². The summed E-state index contributed by atoms with van der Waals surface area (Å²) in [5.74, 6) is -0.830. The van der Waals surface area contributed by atoms with Gasteiger partial charge in [-0.1, -0.05) is 5.21 Å². The lowest BCUT2D eigenvalue weighted by Crippen LogP contribution is -2.29. The quantitative estimate of drug-likeness (QED) is 0.309. The summed E-state index contributed by atoms with van der Waals surface area (Å²) >= 11 is 0. The number of hydroxylamine groups is 1. The number of sulfonamides is 1. The van der Waals surface area contributed by atoms with Gasteiger partial charge in [0.1, 0.15) is 6.54 Å². The van der Waals surface area contributed by atoms with E-state index in [0.29, 0.717) is 5.69 Å². The van der Waals surface area contributed by atoms with Gasteiger partial charge in [-0.25, -0.2) is 23.3 Å². The number of aromatic nitrogens is 3. The van der Waals surface area contributed by atoms with Crippen LogP contribution in [0.25, 0.3) is 0 Å². The Bertz CT molecular complexity index is 498. The number of nitrogens with two attached hydrogens (primary N) is 1. The smallest absolute Gasteiger partial charge is 0.265 e. The molecule has 0 fully saturated rings. The molecule has 0 bridgehead atoms. The van der Waals surface area contributed by atoms with E-state index in [1.807, 2.05) is 0 Å². The van der Waals surface area contributed by atoms with Gasteiger partial charge in [0.05, 0.1) is 24.2 Å². The van der Waals surface area contributed by atoms with Crippen LogP contribution in [0.4, 0.5) is 0 Å². The molecule has 0 aliphatic carbocycles. The lowest BCUT2D eigenvalue weighted by molar-refractivity contribution is -0.130. The Morgan fingerprint density at radius 2 is 2.28 bits per heavy atom. The van der Waals surface area contributed by atoms with Crippen LogP contribution in [0.15, 0.2) is 6.20 Å². The van der Waals surface area contributed by atoms with Crippen LogP contribution in [0.3, 0.4) is 0 Å². The molecule has 0 saturated heterocycles. The fourth-order valence-corrected chi connectivity index (χ4v) is 1.91. The van der Waals surface area contributed by atoms with Gasteiger partial charge >= 0.3 is 0 Å². The molecule has 0 atom stereocenters. The molecule has 1 aromatic rings. The molecule has 0 aliphatic heterocycles. The molecule has 0 saturated carbocycles. The monoisotopic (exact) mass is 278 g/mol. The van der Waals surface area contributed by atoms with Gasteiger partial charge in [0.15, 0.2) is 0 Å². The van der Waals surface area contributed by atoms with Gasteiger partial charge in [-0.15, -0.1) is 5.10 Å². The third-order valence-electron chi connectivity index (χ3n) is 1.88. The summed E-state index contributed by atoms with van der Waals surface area (Å²) in [6, 6.07) is 0. The SMILES string of the molecule is NCCS(=O)(=O)NCc1cn(CC(=O)NO)nn1.